The molecule has 1 N–H and O–H groups in total. The lowest BCUT2D eigenvalue weighted by Gasteiger charge is -2.12. The van der Waals surface area contributed by atoms with Crippen molar-refractivity contribution in [3.05, 3.63) is 101 Å². The molecule has 0 aliphatic heterocycles. The minimum Gasteiger partial charge on any atom is -0.482 e. The molecule has 28 heavy (non-hydrogen) atoms. The Hall–Kier alpha value is -2.82. The molecule has 0 spiro atoms. The van der Waals surface area contributed by atoms with Gasteiger partial charge in [-0.25, -0.2) is 0 Å². The zero-order valence-corrected chi connectivity index (χ0v) is 16.2. The third kappa shape index (κ3) is 6.12. The van der Waals surface area contributed by atoms with Crippen LogP contribution in [0.4, 0.5) is 0 Å². The van der Waals surface area contributed by atoms with Crippen LogP contribution >= 0.6 is 11.6 Å². The molecule has 0 saturated carbocycles. The quantitative estimate of drug-likeness (QED) is 0.568. The van der Waals surface area contributed by atoms with Gasteiger partial charge in [0.1, 0.15) is 5.75 Å². The van der Waals surface area contributed by atoms with Crippen LogP contribution in [0.3, 0.4) is 0 Å². The zero-order chi connectivity index (χ0) is 19.6. The van der Waals surface area contributed by atoms with Crippen LogP contribution in [0.25, 0.3) is 0 Å². The lowest BCUT2D eigenvalue weighted by atomic mass is 10.1. The maximum absolute atomic E-state index is 12.1. The maximum Gasteiger partial charge on any atom is 0.258 e. The van der Waals surface area contributed by atoms with E-state index in [1.807, 2.05) is 66.7 Å². The van der Waals surface area contributed by atoms with Gasteiger partial charge in [-0.05, 0) is 28.8 Å². The molecule has 0 aliphatic rings. The number of rotatable bonds is 9. The van der Waals surface area contributed by atoms with Crippen molar-refractivity contribution >= 4 is 17.5 Å². The molecule has 0 fully saturated rings. The van der Waals surface area contributed by atoms with E-state index in [2.05, 4.69) is 5.32 Å². The summed E-state index contributed by atoms with van der Waals surface area (Å²) in [6.45, 7) is 1.36. The second kappa shape index (κ2) is 10.5. The lowest BCUT2D eigenvalue weighted by molar-refractivity contribution is -0.123. The van der Waals surface area contributed by atoms with Crippen molar-refractivity contribution in [2.75, 3.05) is 6.61 Å². The SMILES string of the molecule is O=C(COc1ccccc1Cl)NCc1ccccc1COCc1ccccc1. The van der Waals surface area contributed by atoms with Gasteiger partial charge < -0.3 is 14.8 Å². The first-order chi connectivity index (χ1) is 13.7. The van der Waals surface area contributed by atoms with Gasteiger partial charge in [0.25, 0.3) is 5.91 Å². The number of carbonyl (C=O) groups is 1. The van der Waals surface area contributed by atoms with Crippen LogP contribution < -0.4 is 10.1 Å². The average molecular weight is 396 g/mol. The Bertz CT molecular complexity index is 899. The van der Waals surface area contributed by atoms with Gasteiger partial charge in [0, 0.05) is 6.54 Å². The molecule has 0 heterocycles. The third-order valence-electron chi connectivity index (χ3n) is 4.16. The number of hydrogen-bond acceptors (Lipinski definition) is 3. The molecule has 144 valence electrons. The fourth-order valence-electron chi connectivity index (χ4n) is 2.67. The Labute approximate surface area is 170 Å². The normalized spacial score (nSPS) is 10.5. The molecule has 3 aromatic carbocycles. The largest absolute Gasteiger partial charge is 0.482 e. The Morgan fingerprint density at radius 3 is 2.29 bits per heavy atom. The first-order valence-electron chi connectivity index (χ1n) is 9.05. The second-order valence-electron chi connectivity index (χ2n) is 6.24. The topological polar surface area (TPSA) is 47.6 Å². The Morgan fingerprint density at radius 2 is 1.50 bits per heavy atom. The molecule has 0 radical (unpaired) electrons. The highest BCUT2D eigenvalue weighted by atomic mass is 35.5. The van der Waals surface area contributed by atoms with Gasteiger partial charge in [-0.15, -0.1) is 0 Å². The number of ether oxygens (including phenoxy) is 2. The van der Waals surface area contributed by atoms with Crippen LogP contribution in [0.1, 0.15) is 16.7 Å². The average Bonchev–Trinajstić information content (AvgIpc) is 2.73. The molecule has 5 heteroatoms. The van der Waals surface area contributed by atoms with Gasteiger partial charge in [0.15, 0.2) is 6.61 Å². The molecule has 0 aromatic heterocycles. The van der Waals surface area contributed by atoms with Gasteiger partial charge in [0.05, 0.1) is 18.2 Å². The molecule has 0 unspecified atom stereocenters. The molecule has 0 saturated heterocycles. The maximum atomic E-state index is 12.1. The van der Waals surface area contributed by atoms with E-state index < -0.39 is 0 Å². The first kappa shape index (κ1) is 19.9. The van der Waals surface area contributed by atoms with Crippen LogP contribution in [0.15, 0.2) is 78.9 Å². The summed E-state index contributed by atoms with van der Waals surface area (Å²) in [6, 6.07) is 25.0. The number of benzene rings is 3. The smallest absolute Gasteiger partial charge is 0.258 e. The van der Waals surface area contributed by atoms with E-state index in [1.165, 1.54) is 0 Å². The highest BCUT2D eigenvalue weighted by molar-refractivity contribution is 6.32. The van der Waals surface area contributed by atoms with Crippen LogP contribution in [0, 0.1) is 0 Å². The van der Waals surface area contributed by atoms with Crippen molar-refractivity contribution in [3.8, 4) is 5.75 Å². The van der Waals surface area contributed by atoms with E-state index in [0.29, 0.717) is 30.5 Å². The van der Waals surface area contributed by atoms with E-state index in [0.717, 1.165) is 16.7 Å². The highest BCUT2D eigenvalue weighted by Gasteiger charge is 2.07. The van der Waals surface area contributed by atoms with Crippen LogP contribution in [0.2, 0.25) is 5.02 Å². The summed E-state index contributed by atoms with van der Waals surface area (Å²) in [5.74, 6) is 0.286. The molecule has 3 aromatic rings. The van der Waals surface area contributed by atoms with Crippen molar-refractivity contribution in [1.29, 1.82) is 0 Å². The van der Waals surface area contributed by atoms with Crippen molar-refractivity contribution < 1.29 is 14.3 Å². The summed E-state index contributed by atoms with van der Waals surface area (Å²) in [6.07, 6.45) is 0. The van der Waals surface area contributed by atoms with Crippen molar-refractivity contribution in [2.24, 2.45) is 0 Å². The van der Waals surface area contributed by atoms with Crippen LogP contribution in [-0.2, 0) is 29.3 Å². The fourth-order valence-corrected chi connectivity index (χ4v) is 2.86. The van der Waals surface area contributed by atoms with E-state index >= 15 is 0 Å². The Balaban J connectivity index is 1.47. The minimum absolute atomic E-state index is 0.0869. The van der Waals surface area contributed by atoms with Crippen LogP contribution in [0.5, 0.6) is 5.75 Å². The molecular weight excluding hydrogens is 374 g/mol. The first-order valence-corrected chi connectivity index (χ1v) is 9.42. The molecule has 1 amide bonds. The van der Waals surface area contributed by atoms with Gasteiger partial charge >= 0.3 is 0 Å². The number of amides is 1. The second-order valence-corrected chi connectivity index (χ2v) is 6.65. The predicted octanol–water partition coefficient (Wildman–Crippen LogP) is 4.75. The number of para-hydroxylation sites is 1. The summed E-state index contributed by atoms with van der Waals surface area (Å²) >= 11 is 6.02. The number of carbonyl (C=O) groups excluding carboxylic acids is 1. The number of halogens is 1. The molecule has 4 nitrogen and oxygen atoms in total. The van der Waals surface area contributed by atoms with Crippen LogP contribution in [-0.4, -0.2) is 12.5 Å². The van der Waals surface area contributed by atoms with Gasteiger partial charge in [-0.2, -0.15) is 0 Å². The fraction of sp³-hybridized carbons (Fsp3) is 0.174. The molecule has 3 rings (SSSR count). The third-order valence-corrected chi connectivity index (χ3v) is 4.47. The standard InChI is InChI=1S/C23H22ClNO3/c24-21-12-6-7-13-22(21)28-17-23(26)25-14-19-10-4-5-11-20(19)16-27-15-18-8-2-1-3-9-18/h1-13H,14-17H2,(H,25,26). The van der Waals surface area contributed by atoms with Crippen molar-refractivity contribution in [2.45, 2.75) is 19.8 Å². The molecule has 0 bridgehead atoms. The summed E-state index contributed by atoms with van der Waals surface area (Å²) in [5, 5.41) is 3.36. The summed E-state index contributed by atoms with van der Waals surface area (Å²) < 4.78 is 11.3. The Kier molecular flexibility index (Phi) is 7.47. The monoisotopic (exact) mass is 395 g/mol. The lowest BCUT2D eigenvalue weighted by Crippen LogP contribution is -2.28. The molecule has 0 atom stereocenters. The van der Waals surface area contributed by atoms with Crippen molar-refractivity contribution in [3.63, 3.8) is 0 Å². The van der Waals surface area contributed by atoms with E-state index in [9.17, 15) is 4.79 Å². The van der Waals surface area contributed by atoms with Gasteiger partial charge in [-0.1, -0.05) is 78.3 Å². The molecule has 0 aliphatic carbocycles. The summed E-state index contributed by atoms with van der Waals surface area (Å²) in [4.78, 5) is 12.1. The molecular formula is C23H22ClNO3. The predicted molar refractivity (Wildman–Crippen MR) is 110 cm³/mol. The van der Waals surface area contributed by atoms with Gasteiger partial charge in [0.2, 0.25) is 0 Å². The van der Waals surface area contributed by atoms with Crippen molar-refractivity contribution in [1.82, 2.24) is 5.32 Å². The summed E-state index contributed by atoms with van der Waals surface area (Å²) in [5.41, 5.74) is 3.19. The van der Waals surface area contributed by atoms with E-state index in [4.69, 9.17) is 21.1 Å². The number of nitrogens with one attached hydrogen (secondary N) is 1. The minimum atomic E-state index is -0.208. The summed E-state index contributed by atoms with van der Waals surface area (Å²) in [7, 11) is 0. The zero-order valence-electron chi connectivity index (χ0n) is 15.4. The van der Waals surface area contributed by atoms with E-state index in [-0.39, 0.29) is 12.5 Å². The Morgan fingerprint density at radius 1 is 0.821 bits per heavy atom. The number of hydrogen-bond donors (Lipinski definition) is 1. The van der Waals surface area contributed by atoms with E-state index in [1.54, 1.807) is 12.1 Å². The van der Waals surface area contributed by atoms with Gasteiger partial charge in [-0.3, -0.25) is 4.79 Å². The highest BCUT2D eigenvalue weighted by Crippen LogP contribution is 2.22.